The van der Waals surface area contributed by atoms with Crippen molar-refractivity contribution in [2.45, 2.75) is 18.8 Å². The lowest BCUT2D eigenvalue weighted by atomic mass is 10.1. The van der Waals surface area contributed by atoms with E-state index >= 15 is 0 Å². The third kappa shape index (κ3) is 4.28. The van der Waals surface area contributed by atoms with Crippen LogP contribution in [-0.2, 0) is 12.7 Å². The smallest absolute Gasteiger partial charge is 0.433 e. The van der Waals surface area contributed by atoms with Gasteiger partial charge in [-0.25, -0.2) is 19.9 Å². The molecule has 0 unspecified atom stereocenters. The van der Waals surface area contributed by atoms with Crippen LogP contribution in [-0.4, -0.2) is 52.1 Å². The van der Waals surface area contributed by atoms with Crippen LogP contribution in [0.25, 0.3) is 22.4 Å². The molecule has 13 heteroatoms. The molecule has 0 spiro atoms. The molecule has 1 aromatic carbocycles. The van der Waals surface area contributed by atoms with E-state index in [-0.39, 0.29) is 41.2 Å². The van der Waals surface area contributed by atoms with Crippen LogP contribution in [0.3, 0.4) is 0 Å². The Balaban J connectivity index is 1.42. The molecule has 0 bridgehead atoms. The second kappa shape index (κ2) is 9.07. The number of methoxy groups -OCH3 is 1. The number of fused-ring (bicyclic) bond motifs is 1. The standard InChI is InChI=1S/C23H20F3N7O3/c1-35-15-5-3-14(13-4-6-17(23(24,25)26)31-18(13)15)21-32-19(16(9-27)36-21)20(34)30-12-10-33(11-12)22-28-7-2-8-29-22/h2-8,12H,9-11,27H2,1H3,(H,30,34). The molecular weight excluding hydrogens is 479 g/mol. The first kappa shape index (κ1) is 23.5. The summed E-state index contributed by atoms with van der Waals surface area (Å²) in [7, 11) is 1.34. The number of carbonyl (C=O) groups excluding carboxylic acids is 1. The van der Waals surface area contributed by atoms with E-state index in [1.165, 1.54) is 19.2 Å². The predicted octanol–water partition coefficient (Wildman–Crippen LogP) is 2.78. The Kier molecular flexibility index (Phi) is 5.92. The Bertz CT molecular complexity index is 1420. The van der Waals surface area contributed by atoms with E-state index in [0.717, 1.165) is 6.07 Å². The Labute approximate surface area is 202 Å². The zero-order valence-electron chi connectivity index (χ0n) is 18.9. The minimum absolute atomic E-state index is 0.00532. The molecule has 10 nitrogen and oxygen atoms in total. The van der Waals surface area contributed by atoms with Gasteiger partial charge in [0, 0.05) is 36.4 Å². The van der Waals surface area contributed by atoms with Crippen molar-refractivity contribution < 1.29 is 27.1 Å². The summed E-state index contributed by atoms with van der Waals surface area (Å²) in [6.45, 7) is 0.943. The van der Waals surface area contributed by atoms with Crippen molar-refractivity contribution in [3.05, 3.63) is 59.9 Å². The van der Waals surface area contributed by atoms with Crippen molar-refractivity contribution in [3.8, 4) is 17.2 Å². The highest BCUT2D eigenvalue weighted by molar-refractivity contribution is 5.98. The number of pyridine rings is 1. The molecule has 5 rings (SSSR count). The number of halogens is 3. The number of nitrogens with two attached hydrogens (primary N) is 1. The number of aromatic nitrogens is 4. The predicted molar refractivity (Wildman–Crippen MR) is 122 cm³/mol. The molecule has 36 heavy (non-hydrogen) atoms. The molecule has 186 valence electrons. The van der Waals surface area contributed by atoms with Crippen molar-refractivity contribution >= 4 is 22.8 Å². The third-order valence-electron chi connectivity index (χ3n) is 5.71. The number of nitrogens with one attached hydrogen (secondary N) is 1. The molecule has 1 aliphatic heterocycles. The summed E-state index contributed by atoms with van der Waals surface area (Å²) in [5.41, 5.74) is 5.06. The molecule has 1 aliphatic rings. The van der Waals surface area contributed by atoms with Crippen molar-refractivity contribution in [2.24, 2.45) is 5.73 Å². The number of nitrogens with zero attached hydrogens (tertiary/aromatic N) is 5. The third-order valence-corrected chi connectivity index (χ3v) is 5.71. The number of oxazole rings is 1. The number of hydrogen-bond donors (Lipinski definition) is 2. The van der Waals surface area contributed by atoms with Gasteiger partial charge in [-0.15, -0.1) is 0 Å². The maximum atomic E-state index is 13.2. The molecule has 1 amide bonds. The minimum atomic E-state index is -4.63. The molecule has 3 aromatic heterocycles. The fraction of sp³-hybridized carbons (Fsp3) is 0.261. The average Bonchev–Trinajstić information content (AvgIpc) is 3.29. The van der Waals surface area contributed by atoms with Crippen LogP contribution in [0.5, 0.6) is 5.75 Å². The van der Waals surface area contributed by atoms with Gasteiger partial charge in [0.25, 0.3) is 5.91 Å². The van der Waals surface area contributed by atoms with Gasteiger partial charge in [-0.2, -0.15) is 13.2 Å². The normalized spacial score (nSPS) is 14.1. The van der Waals surface area contributed by atoms with Gasteiger partial charge in [0.2, 0.25) is 11.8 Å². The summed E-state index contributed by atoms with van der Waals surface area (Å²) < 4.78 is 50.6. The second-order valence-corrected chi connectivity index (χ2v) is 8.02. The van der Waals surface area contributed by atoms with E-state index in [4.69, 9.17) is 14.9 Å². The minimum Gasteiger partial charge on any atom is -0.494 e. The summed E-state index contributed by atoms with van der Waals surface area (Å²) in [6.07, 6.45) is -1.35. The fourth-order valence-corrected chi connectivity index (χ4v) is 3.93. The summed E-state index contributed by atoms with van der Waals surface area (Å²) >= 11 is 0. The number of rotatable bonds is 6. The molecular formula is C23H20F3N7O3. The summed E-state index contributed by atoms with van der Waals surface area (Å²) in [5, 5.41) is 3.20. The molecule has 0 radical (unpaired) electrons. The van der Waals surface area contributed by atoms with Gasteiger partial charge >= 0.3 is 6.18 Å². The number of amides is 1. The zero-order chi connectivity index (χ0) is 25.4. The number of ether oxygens (including phenoxy) is 1. The Morgan fingerprint density at radius 3 is 2.61 bits per heavy atom. The molecule has 1 saturated heterocycles. The van der Waals surface area contributed by atoms with Gasteiger partial charge in [-0.3, -0.25) is 4.79 Å². The molecule has 1 fully saturated rings. The maximum Gasteiger partial charge on any atom is 0.433 e. The van der Waals surface area contributed by atoms with Crippen LogP contribution < -0.4 is 20.7 Å². The zero-order valence-corrected chi connectivity index (χ0v) is 18.9. The van der Waals surface area contributed by atoms with E-state index in [1.54, 1.807) is 24.5 Å². The number of anilines is 1. The molecule has 0 aliphatic carbocycles. The highest BCUT2D eigenvalue weighted by atomic mass is 19.4. The van der Waals surface area contributed by atoms with E-state index < -0.39 is 17.8 Å². The van der Waals surface area contributed by atoms with Gasteiger partial charge in [-0.1, -0.05) is 0 Å². The fourth-order valence-electron chi connectivity index (χ4n) is 3.93. The van der Waals surface area contributed by atoms with Gasteiger partial charge < -0.3 is 25.1 Å². The first-order valence-electron chi connectivity index (χ1n) is 10.9. The van der Waals surface area contributed by atoms with Crippen molar-refractivity contribution in [2.75, 3.05) is 25.1 Å². The Morgan fingerprint density at radius 1 is 1.19 bits per heavy atom. The van der Waals surface area contributed by atoms with E-state index in [2.05, 4.69) is 25.3 Å². The van der Waals surface area contributed by atoms with Gasteiger partial charge in [0.15, 0.2) is 11.5 Å². The van der Waals surface area contributed by atoms with Crippen LogP contribution in [0.15, 0.2) is 47.1 Å². The first-order valence-corrected chi connectivity index (χ1v) is 10.9. The number of alkyl halides is 3. The van der Waals surface area contributed by atoms with Gasteiger partial charge in [0.1, 0.15) is 17.0 Å². The van der Waals surface area contributed by atoms with Crippen LogP contribution in [0.2, 0.25) is 0 Å². The molecule has 4 aromatic rings. The van der Waals surface area contributed by atoms with Crippen molar-refractivity contribution in [1.29, 1.82) is 0 Å². The Morgan fingerprint density at radius 2 is 1.94 bits per heavy atom. The van der Waals surface area contributed by atoms with E-state index in [0.29, 0.717) is 30.0 Å². The van der Waals surface area contributed by atoms with Gasteiger partial charge in [0.05, 0.1) is 19.7 Å². The first-order chi connectivity index (χ1) is 17.3. The van der Waals surface area contributed by atoms with E-state index in [9.17, 15) is 18.0 Å². The summed E-state index contributed by atoms with van der Waals surface area (Å²) in [6, 6.07) is 6.74. The summed E-state index contributed by atoms with van der Waals surface area (Å²) in [5.74, 6) is 0.430. The quantitative estimate of drug-likeness (QED) is 0.411. The van der Waals surface area contributed by atoms with Crippen LogP contribution in [0, 0.1) is 0 Å². The van der Waals surface area contributed by atoms with Crippen LogP contribution >= 0.6 is 0 Å². The SMILES string of the molecule is COc1ccc(-c2nc(C(=O)NC3CN(c4ncccn4)C3)c(CN)o2)c2ccc(C(F)(F)F)nc12. The monoisotopic (exact) mass is 499 g/mol. The lowest BCUT2D eigenvalue weighted by Crippen LogP contribution is -2.60. The van der Waals surface area contributed by atoms with Crippen LogP contribution in [0.1, 0.15) is 21.9 Å². The lowest BCUT2D eigenvalue weighted by Gasteiger charge is -2.39. The van der Waals surface area contributed by atoms with Crippen LogP contribution in [0.4, 0.5) is 19.1 Å². The molecule has 4 heterocycles. The number of hydrogen-bond acceptors (Lipinski definition) is 9. The molecule has 0 atom stereocenters. The molecule has 3 N–H and O–H groups in total. The number of benzene rings is 1. The topological polar surface area (TPSA) is 132 Å². The average molecular weight is 499 g/mol. The summed E-state index contributed by atoms with van der Waals surface area (Å²) in [4.78, 5) is 31.3. The Hall–Kier alpha value is -4.26. The van der Waals surface area contributed by atoms with Crippen molar-refractivity contribution in [1.82, 2.24) is 25.3 Å². The second-order valence-electron chi connectivity index (χ2n) is 8.02. The highest BCUT2D eigenvalue weighted by Gasteiger charge is 2.34. The molecule has 0 saturated carbocycles. The highest BCUT2D eigenvalue weighted by Crippen LogP contribution is 2.37. The maximum absolute atomic E-state index is 13.2. The van der Waals surface area contributed by atoms with Gasteiger partial charge in [-0.05, 0) is 30.3 Å². The van der Waals surface area contributed by atoms with Crippen molar-refractivity contribution in [3.63, 3.8) is 0 Å². The number of carbonyl (C=O) groups is 1. The van der Waals surface area contributed by atoms with E-state index in [1.807, 2.05) is 4.90 Å². The largest absolute Gasteiger partial charge is 0.494 e. The lowest BCUT2D eigenvalue weighted by molar-refractivity contribution is -0.140.